The third kappa shape index (κ3) is 3.96. The van der Waals surface area contributed by atoms with E-state index in [9.17, 15) is 4.79 Å². The molecule has 0 unspecified atom stereocenters. The zero-order chi connectivity index (χ0) is 15.2. The van der Waals surface area contributed by atoms with Gasteiger partial charge < -0.3 is 15.7 Å². The molecule has 0 aromatic heterocycles. The molecule has 2 rings (SSSR count). The number of hydrogen-bond acceptors (Lipinski definition) is 4. The maximum absolute atomic E-state index is 11.8. The van der Waals surface area contributed by atoms with Gasteiger partial charge in [0.25, 0.3) is 0 Å². The van der Waals surface area contributed by atoms with Gasteiger partial charge in [-0.2, -0.15) is 0 Å². The molecule has 0 saturated carbocycles. The van der Waals surface area contributed by atoms with Gasteiger partial charge in [0.2, 0.25) is 0 Å². The smallest absolute Gasteiger partial charge is 0.410 e. The van der Waals surface area contributed by atoms with Crippen molar-refractivity contribution in [2.45, 2.75) is 0 Å². The van der Waals surface area contributed by atoms with Crippen LogP contribution in [0.3, 0.4) is 0 Å². The molecule has 0 fully saturated rings. The van der Waals surface area contributed by atoms with Crippen molar-refractivity contribution in [1.29, 1.82) is 0 Å². The predicted molar refractivity (Wildman–Crippen MR) is 82.7 cm³/mol. The van der Waals surface area contributed by atoms with E-state index in [1.807, 2.05) is 6.07 Å². The van der Waals surface area contributed by atoms with Crippen LogP contribution in [0.1, 0.15) is 5.56 Å². The van der Waals surface area contributed by atoms with Gasteiger partial charge in [0.15, 0.2) is 5.84 Å². The lowest BCUT2D eigenvalue weighted by molar-refractivity contribution is 0.215. The summed E-state index contributed by atoms with van der Waals surface area (Å²) in [5.74, 6) is 0.295. The molecule has 108 valence electrons. The zero-order valence-corrected chi connectivity index (χ0v) is 12.4. The first-order chi connectivity index (χ1) is 10.1. The maximum atomic E-state index is 11.8. The summed E-state index contributed by atoms with van der Waals surface area (Å²) in [5, 5.41) is 14.3. The van der Waals surface area contributed by atoms with E-state index in [4.69, 9.17) is 15.7 Å². The number of benzene rings is 2. The number of anilines is 1. The van der Waals surface area contributed by atoms with Gasteiger partial charge in [0.05, 0.1) is 5.69 Å². The van der Waals surface area contributed by atoms with E-state index in [0.717, 1.165) is 4.47 Å². The number of rotatable bonds is 3. The quantitative estimate of drug-likeness (QED) is 0.343. The molecule has 0 atom stereocenters. The highest BCUT2D eigenvalue weighted by atomic mass is 79.9. The fourth-order valence-corrected chi connectivity index (χ4v) is 1.98. The van der Waals surface area contributed by atoms with Crippen LogP contribution in [0.4, 0.5) is 10.5 Å². The van der Waals surface area contributed by atoms with Gasteiger partial charge in [-0.3, -0.25) is 5.32 Å². The Labute approximate surface area is 129 Å². The van der Waals surface area contributed by atoms with Crippen molar-refractivity contribution in [3.8, 4) is 5.75 Å². The largest absolute Gasteiger partial charge is 0.417 e. The lowest BCUT2D eigenvalue weighted by Gasteiger charge is -2.11. The van der Waals surface area contributed by atoms with Crippen LogP contribution in [-0.4, -0.2) is 17.1 Å². The van der Waals surface area contributed by atoms with Crippen molar-refractivity contribution < 1.29 is 14.7 Å². The minimum Gasteiger partial charge on any atom is -0.410 e. The highest BCUT2D eigenvalue weighted by Crippen LogP contribution is 2.21. The monoisotopic (exact) mass is 349 g/mol. The van der Waals surface area contributed by atoms with Crippen molar-refractivity contribution in [3.05, 3.63) is 58.6 Å². The van der Waals surface area contributed by atoms with E-state index in [0.29, 0.717) is 17.0 Å². The molecule has 0 radical (unpaired) electrons. The van der Waals surface area contributed by atoms with Gasteiger partial charge >= 0.3 is 6.09 Å². The highest BCUT2D eigenvalue weighted by Gasteiger charge is 2.12. The number of hydrogen-bond donors (Lipinski definition) is 3. The summed E-state index contributed by atoms with van der Waals surface area (Å²) in [6.45, 7) is 0. The van der Waals surface area contributed by atoms with Crippen LogP contribution in [-0.2, 0) is 0 Å². The Bertz CT molecular complexity index is 674. The number of ether oxygens (including phenoxy) is 1. The normalized spacial score (nSPS) is 11.0. The Kier molecular flexibility index (Phi) is 4.78. The number of para-hydroxylation sites is 1. The number of nitrogens with two attached hydrogens (primary N) is 1. The fraction of sp³-hybridized carbons (Fsp3) is 0. The van der Waals surface area contributed by atoms with Crippen LogP contribution in [0.15, 0.2) is 58.2 Å². The summed E-state index contributed by atoms with van der Waals surface area (Å²) in [4.78, 5) is 11.8. The summed E-state index contributed by atoms with van der Waals surface area (Å²) in [6.07, 6.45) is -0.671. The molecule has 0 aliphatic rings. The lowest BCUT2D eigenvalue weighted by atomic mass is 10.1. The SMILES string of the molecule is N/C(=N/O)c1cc(Br)ccc1NC(=O)Oc1ccccc1. The first-order valence-electron chi connectivity index (χ1n) is 5.91. The van der Waals surface area contributed by atoms with Crippen LogP contribution < -0.4 is 15.8 Å². The second kappa shape index (κ2) is 6.76. The topological polar surface area (TPSA) is 96.9 Å². The van der Waals surface area contributed by atoms with Crippen LogP contribution >= 0.6 is 15.9 Å². The minimum atomic E-state index is -0.671. The number of oxime groups is 1. The molecule has 7 heteroatoms. The van der Waals surface area contributed by atoms with Crippen molar-refractivity contribution in [2.75, 3.05) is 5.32 Å². The first kappa shape index (κ1) is 14.9. The lowest BCUT2D eigenvalue weighted by Crippen LogP contribution is -2.21. The van der Waals surface area contributed by atoms with E-state index in [1.54, 1.807) is 42.5 Å². The summed E-state index contributed by atoms with van der Waals surface area (Å²) >= 11 is 3.28. The average Bonchev–Trinajstić information content (AvgIpc) is 2.49. The molecule has 0 aliphatic heterocycles. The van der Waals surface area contributed by atoms with Crippen LogP contribution in [0, 0.1) is 0 Å². The van der Waals surface area contributed by atoms with Gasteiger partial charge in [-0.15, -0.1) is 0 Å². The molecule has 0 aliphatic carbocycles. The molecule has 0 saturated heterocycles. The van der Waals surface area contributed by atoms with E-state index in [1.165, 1.54) is 0 Å². The number of halogens is 1. The molecule has 0 heterocycles. The van der Waals surface area contributed by atoms with Crippen LogP contribution in [0.2, 0.25) is 0 Å². The molecule has 2 aromatic carbocycles. The van der Waals surface area contributed by atoms with Gasteiger partial charge in [0.1, 0.15) is 5.75 Å². The molecule has 0 spiro atoms. The van der Waals surface area contributed by atoms with E-state index < -0.39 is 6.09 Å². The number of nitrogens with zero attached hydrogens (tertiary/aromatic N) is 1. The van der Waals surface area contributed by atoms with Gasteiger partial charge in [-0.05, 0) is 30.3 Å². The Morgan fingerprint density at radius 2 is 1.95 bits per heavy atom. The van der Waals surface area contributed by atoms with Gasteiger partial charge in [-0.1, -0.05) is 39.3 Å². The number of nitrogens with one attached hydrogen (secondary N) is 1. The van der Waals surface area contributed by atoms with Crippen molar-refractivity contribution >= 4 is 33.5 Å². The number of carbonyl (C=O) groups is 1. The Morgan fingerprint density at radius 3 is 2.62 bits per heavy atom. The van der Waals surface area contributed by atoms with Crippen LogP contribution in [0.25, 0.3) is 0 Å². The molecule has 1 amide bonds. The molecule has 0 bridgehead atoms. The Balaban J connectivity index is 2.18. The maximum Gasteiger partial charge on any atom is 0.417 e. The molecule has 21 heavy (non-hydrogen) atoms. The Hall–Kier alpha value is -2.54. The van der Waals surface area contributed by atoms with E-state index >= 15 is 0 Å². The van der Waals surface area contributed by atoms with Crippen molar-refractivity contribution in [3.63, 3.8) is 0 Å². The molecular weight excluding hydrogens is 338 g/mol. The van der Waals surface area contributed by atoms with Crippen molar-refractivity contribution in [1.82, 2.24) is 0 Å². The summed E-state index contributed by atoms with van der Waals surface area (Å²) in [6, 6.07) is 13.6. The number of amides is 1. The third-order valence-corrected chi connectivity index (χ3v) is 3.05. The van der Waals surface area contributed by atoms with Crippen molar-refractivity contribution in [2.24, 2.45) is 10.9 Å². The Morgan fingerprint density at radius 1 is 1.24 bits per heavy atom. The third-order valence-electron chi connectivity index (χ3n) is 2.56. The van der Waals surface area contributed by atoms with E-state index in [-0.39, 0.29) is 5.84 Å². The second-order valence-corrected chi connectivity index (χ2v) is 4.92. The molecule has 6 nitrogen and oxygen atoms in total. The number of carbonyl (C=O) groups excluding carboxylic acids is 1. The highest BCUT2D eigenvalue weighted by molar-refractivity contribution is 9.10. The molecule has 4 N–H and O–H groups in total. The number of amidine groups is 1. The van der Waals surface area contributed by atoms with Crippen LogP contribution in [0.5, 0.6) is 5.75 Å². The molecule has 2 aromatic rings. The van der Waals surface area contributed by atoms with E-state index in [2.05, 4.69) is 26.4 Å². The zero-order valence-electron chi connectivity index (χ0n) is 10.8. The minimum absolute atomic E-state index is 0.119. The predicted octanol–water partition coefficient (Wildman–Crippen LogP) is 3.15. The summed E-state index contributed by atoms with van der Waals surface area (Å²) < 4.78 is 5.84. The summed E-state index contributed by atoms with van der Waals surface area (Å²) in [7, 11) is 0. The fourth-order valence-electron chi connectivity index (χ4n) is 1.62. The summed E-state index contributed by atoms with van der Waals surface area (Å²) in [5.41, 5.74) is 6.32. The average molecular weight is 350 g/mol. The van der Waals surface area contributed by atoms with Gasteiger partial charge in [-0.25, -0.2) is 4.79 Å². The standard InChI is InChI=1S/C14H12BrN3O3/c15-9-6-7-12(11(8-9)13(16)18-20)17-14(19)21-10-4-2-1-3-5-10/h1-8,20H,(H2,16,18)(H,17,19). The second-order valence-electron chi connectivity index (χ2n) is 4.00. The first-order valence-corrected chi connectivity index (χ1v) is 6.71. The molecular formula is C14H12BrN3O3. The van der Waals surface area contributed by atoms with Gasteiger partial charge in [0, 0.05) is 10.0 Å².